The molecule has 2 heterocycles. The second-order valence-electron chi connectivity index (χ2n) is 6.35. The van der Waals surface area contributed by atoms with E-state index in [1.165, 1.54) is 37.7 Å². The van der Waals surface area contributed by atoms with Gasteiger partial charge in [-0.3, -0.25) is 0 Å². The molecule has 21 heavy (non-hydrogen) atoms. The Hall–Kier alpha value is -1.09. The second kappa shape index (κ2) is 8.38. The first-order valence-electron chi connectivity index (χ1n) is 8.54. The number of aromatic nitrogens is 1. The van der Waals surface area contributed by atoms with Crippen molar-refractivity contribution in [2.45, 2.75) is 71.5 Å². The van der Waals surface area contributed by atoms with E-state index in [-0.39, 0.29) is 12.2 Å². The molecule has 118 valence electrons. The smallest absolute Gasteiger partial charge is 0.128 e. The van der Waals surface area contributed by atoms with Crippen LogP contribution in [0.25, 0.3) is 0 Å². The first-order valence-corrected chi connectivity index (χ1v) is 8.54. The molecule has 0 radical (unpaired) electrons. The van der Waals surface area contributed by atoms with Crippen LogP contribution >= 0.6 is 0 Å². The van der Waals surface area contributed by atoms with Gasteiger partial charge in [-0.25, -0.2) is 4.98 Å². The number of hydrogen-bond acceptors (Lipinski definition) is 3. The average Bonchev–Trinajstić information content (AvgIpc) is 2.47. The van der Waals surface area contributed by atoms with Gasteiger partial charge in [-0.05, 0) is 38.3 Å². The normalized spacial score (nSPS) is 22.5. The van der Waals surface area contributed by atoms with Crippen molar-refractivity contribution >= 4 is 5.82 Å². The van der Waals surface area contributed by atoms with Crippen LogP contribution in [0.2, 0.25) is 0 Å². The van der Waals surface area contributed by atoms with Gasteiger partial charge in [0.2, 0.25) is 0 Å². The molecular formula is C18H30N2O. The van der Waals surface area contributed by atoms with Crippen LogP contribution in [-0.4, -0.2) is 30.3 Å². The third-order valence-electron chi connectivity index (χ3n) is 4.12. The minimum Gasteiger partial charge on any atom is -0.372 e. The lowest BCUT2D eigenvalue weighted by molar-refractivity contribution is -0.00545. The number of pyridine rings is 1. The highest BCUT2D eigenvalue weighted by Crippen LogP contribution is 2.19. The zero-order valence-electron chi connectivity index (χ0n) is 13.8. The molecule has 0 saturated carbocycles. The molecule has 0 spiro atoms. The van der Waals surface area contributed by atoms with E-state index in [0.717, 1.165) is 25.3 Å². The Balaban J connectivity index is 1.81. The van der Waals surface area contributed by atoms with Crippen LogP contribution in [-0.2, 0) is 11.2 Å². The molecule has 0 aliphatic carbocycles. The zero-order chi connectivity index (χ0) is 15.1. The molecule has 0 bridgehead atoms. The Labute approximate surface area is 129 Å². The number of nitrogens with zero attached hydrogens (tertiary/aromatic N) is 2. The molecule has 3 heteroatoms. The summed E-state index contributed by atoms with van der Waals surface area (Å²) >= 11 is 0. The lowest BCUT2D eigenvalue weighted by Crippen LogP contribution is -2.45. The predicted octanol–water partition coefficient (Wildman–Crippen LogP) is 4.21. The highest BCUT2D eigenvalue weighted by Gasteiger charge is 2.22. The van der Waals surface area contributed by atoms with Gasteiger partial charge >= 0.3 is 0 Å². The molecule has 1 saturated heterocycles. The molecule has 3 nitrogen and oxygen atoms in total. The Morgan fingerprint density at radius 1 is 1.10 bits per heavy atom. The van der Waals surface area contributed by atoms with Gasteiger partial charge in [0.15, 0.2) is 0 Å². The Bertz CT molecular complexity index is 394. The maximum absolute atomic E-state index is 5.78. The van der Waals surface area contributed by atoms with E-state index in [1.54, 1.807) is 0 Å². The largest absolute Gasteiger partial charge is 0.372 e. The fourth-order valence-electron chi connectivity index (χ4n) is 3.05. The first-order chi connectivity index (χ1) is 10.2. The van der Waals surface area contributed by atoms with E-state index < -0.39 is 0 Å². The van der Waals surface area contributed by atoms with Crippen molar-refractivity contribution in [1.82, 2.24) is 4.98 Å². The number of ether oxygens (including phenoxy) is 1. The molecule has 0 N–H and O–H groups in total. The highest BCUT2D eigenvalue weighted by atomic mass is 16.5. The molecule has 1 aromatic heterocycles. The van der Waals surface area contributed by atoms with Crippen LogP contribution in [0.4, 0.5) is 5.82 Å². The standard InChI is InChI=1S/C18H30N2O/c1-4-5-6-7-8-9-17-10-11-18(19-12-17)20-13-15(2)21-16(3)14-20/h10-12,15-16H,4-9,13-14H2,1-3H3/t15-,16+. The van der Waals surface area contributed by atoms with Gasteiger partial charge in [0.05, 0.1) is 12.2 Å². The number of rotatable bonds is 7. The fourth-order valence-corrected chi connectivity index (χ4v) is 3.05. The van der Waals surface area contributed by atoms with E-state index in [0.29, 0.717) is 0 Å². The summed E-state index contributed by atoms with van der Waals surface area (Å²) in [5.74, 6) is 1.09. The van der Waals surface area contributed by atoms with E-state index in [1.807, 2.05) is 0 Å². The van der Waals surface area contributed by atoms with E-state index in [9.17, 15) is 0 Å². The number of aryl methyl sites for hydroxylation is 1. The van der Waals surface area contributed by atoms with Crippen LogP contribution < -0.4 is 4.90 Å². The minimum atomic E-state index is 0.286. The second-order valence-corrected chi connectivity index (χ2v) is 6.35. The summed E-state index contributed by atoms with van der Waals surface area (Å²) in [6, 6.07) is 4.42. The van der Waals surface area contributed by atoms with Crippen LogP contribution in [0.3, 0.4) is 0 Å². The van der Waals surface area contributed by atoms with Gasteiger partial charge in [-0.1, -0.05) is 38.7 Å². The summed E-state index contributed by atoms with van der Waals surface area (Å²) in [5.41, 5.74) is 1.37. The van der Waals surface area contributed by atoms with Crippen LogP contribution in [0.15, 0.2) is 18.3 Å². The lowest BCUT2D eigenvalue weighted by atomic mass is 10.1. The van der Waals surface area contributed by atoms with Gasteiger partial charge in [0.25, 0.3) is 0 Å². The molecular weight excluding hydrogens is 260 g/mol. The predicted molar refractivity (Wildman–Crippen MR) is 88.9 cm³/mol. The third-order valence-corrected chi connectivity index (χ3v) is 4.12. The van der Waals surface area contributed by atoms with Crippen molar-refractivity contribution in [3.63, 3.8) is 0 Å². The number of morpholine rings is 1. The monoisotopic (exact) mass is 290 g/mol. The van der Waals surface area contributed by atoms with E-state index >= 15 is 0 Å². The van der Waals surface area contributed by atoms with E-state index in [4.69, 9.17) is 4.74 Å². The Morgan fingerprint density at radius 3 is 2.43 bits per heavy atom. The van der Waals surface area contributed by atoms with Gasteiger partial charge in [-0.15, -0.1) is 0 Å². The van der Waals surface area contributed by atoms with Crippen LogP contribution in [0.5, 0.6) is 0 Å². The maximum Gasteiger partial charge on any atom is 0.128 e. The van der Waals surface area contributed by atoms with Crippen molar-refractivity contribution in [2.24, 2.45) is 0 Å². The van der Waals surface area contributed by atoms with Gasteiger partial charge in [0, 0.05) is 19.3 Å². The zero-order valence-corrected chi connectivity index (χ0v) is 13.8. The molecule has 0 amide bonds. The van der Waals surface area contributed by atoms with Crippen LogP contribution in [0.1, 0.15) is 58.4 Å². The van der Waals surface area contributed by atoms with Crippen molar-refractivity contribution in [2.75, 3.05) is 18.0 Å². The molecule has 0 unspecified atom stereocenters. The van der Waals surface area contributed by atoms with Crippen LogP contribution in [0, 0.1) is 0 Å². The number of hydrogen-bond donors (Lipinski definition) is 0. The summed E-state index contributed by atoms with van der Waals surface area (Å²) in [7, 11) is 0. The first kappa shape index (κ1) is 16.3. The summed E-state index contributed by atoms with van der Waals surface area (Å²) in [6.45, 7) is 8.40. The Kier molecular flexibility index (Phi) is 6.50. The average molecular weight is 290 g/mol. The van der Waals surface area contributed by atoms with E-state index in [2.05, 4.69) is 49.0 Å². The summed E-state index contributed by atoms with van der Waals surface area (Å²) in [4.78, 5) is 6.99. The summed E-state index contributed by atoms with van der Waals surface area (Å²) < 4.78 is 5.78. The molecule has 1 aromatic rings. The minimum absolute atomic E-state index is 0.286. The van der Waals surface area contributed by atoms with Gasteiger partial charge in [0.1, 0.15) is 5.82 Å². The van der Waals surface area contributed by atoms with Gasteiger partial charge < -0.3 is 9.64 Å². The van der Waals surface area contributed by atoms with Gasteiger partial charge in [-0.2, -0.15) is 0 Å². The highest BCUT2D eigenvalue weighted by molar-refractivity contribution is 5.40. The topological polar surface area (TPSA) is 25.4 Å². The van der Waals surface area contributed by atoms with Crippen molar-refractivity contribution in [1.29, 1.82) is 0 Å². The maximum atomic E-state index is 5.78. The molecule has 0 aromatic carbocycles. The summed E-state index contributed by atoms with van der Waals surface area (Å²) in [5, 5.41) is 0. The molecule has 2 atom stereocenters. The van der Waals surface area contributed by atoms with Crippen molar-refractivity contribution in [3.05, 3.63) is 23.9 Å². The van der Waals surface area contributed by atoms with Crippen molar-refractivity contribution in [3.8, 4) is 0 Å². The molecule has 2 rings (SSSR count). The van der Waals surface area contributed by atoms with Crippen molar-refractivity contribution < 1.29 is 4.74 Å². The number of unbranched alkanes of at least 4 members (excludes halogenated alkanes) is 4. The SMILES string of the molecule is CCCCCCCc1ccc(N2C[C@@H](C)O[C@@H](C)C2)nc1. The molecule has 1 aliphatic heterocycles. The summed E-state index contributed by atoms with van der Waals surface area (Å²) in [6.07, 6.45) is 10.5. The lowest BCUT2D eigenvalue weighted by Gasteiger charge is -2.36. The third kappa shape index (κ3) is 5.31. The molecule has 1 aliphatic rings. The fraction of sp³-hybridized carbons (Fsp3) is 0.722. The molecule has 1 fully saturated rings. The Morgan fingerprint density at radius 2 is 1.81 bits per heavy atom. The number of anilines is 1. The quantitative estimate of drug-likeness (QED) is 0.703.